The van der Waals surface area contributed by atoms with E-state index >= 15 is 0 Å². The molecule has 2 heterocycles. The van der Waals surface area contributed by atoms with E-state index in [0.29, 0.717) is 17.1 Å². The average Bonchev–Trinajstić information content (AvgIpc) is 2.78. The summed E-state index contributed by atoms with van der Waals surface area (Å²) in [6, 6.07) is 1.72. The zero-order valence-corrected chi connectivity index (χ0v) is 12.3. The minimum Gasteiger partial charge on any atom is -0.344 e. The summed E-state index contributed by atoms with van der Waals surface area (Å²) in [5.41, 5.74) is -0.0958. The molecule has 0 spiro atoms. The Morgan fingerprint density at radius 3 is 2.41 bits per heavy atom. The molecule has 2 rings (SSSR count). The van der Waals surface area contributed by atoms with Crippen molar-refractivity contribution in [3.63, 3.8) is 0 Å². The zero-order valence-electron chi connectivity index (χ0n) is 12.3. The maximum absolute atomic E-state index is 12.5. The number of alkyl halides is 3. The van der Waals surface area contributed by atoms with Crippen LogP contribution in [0.3, 0.4) is 0 Å². The second-order valence-corrected chi connectivity index (χ2v) is 4.92. The number of nitrogens with one attached hydrogen (secondary N) is 1. The summed E-state index contributed by atoms with van der Waals surface area (Å²) in [7, 11) is 1.71. The van der Waals surface area contributed by atoms with Crippen molar-refractivity contribution < 1.29 is 18.0 Å². The smallest absolute Gasteiger partial charge is 0.344 e. The van der Waals surface area contributed by atoms with E-state index in [1.54, 1.807) is 25.5 Å². The summed E-state index contributed by atoms with van der Waals surface area (Å²) in [6.07, 6.45) is -1.91. The molecule has 1 N–H and O–H groups in total. The lowest BCUT2D eigenvalue weighted by Crippen LogP contribution is -2.28. The number of aromatic nitrogens is 3. The molecule has 0 unspecified atom stereocenters. The number of rotatable bonds is 3. The topological polar surface area (TPSA) is 59.8 Å². The van der Waals surface area contributed by atoms with Gasteiger partial charge < -0.3 is 9.88 Å². The van der Waals surface area contributed by atoms with E-state index in [9.17, 15) is 18.0 Å². The molecule has 0 saturated carbocycles. The van der Waals surface area contributed by atoms with Crippen LogP contribution in [-0.2, 0) is 13.2 Å². The quantitative estimate of drug-likeness (QED) is 0.948. The number of carbonyl (C=O) groups is 1. The fourth-order valence-electron chi connectivity index (χ4n) is 1.90. The molecule has 2 aromatic heterocycles. The predicted octanol–water partition coefficient (Wildman–Crippen LogP) is 2.63. The van der Waals surface area contributed by atoms with Gasteiger partial charge in [0.2, 0.25) is 0 Å². The third kappa shape index (κ3) is 3.26. The SMILES string of the molecule is Cc1ncc(C(=O)N[C@H](C)c2ccc(C(F)(F)F)nc2)n1C. The Balaban J connectivity index is 2.10. The Morgan fingerprint density at radius 2 is 1.95 bits per heavy atom. The Kier molecular flexibility index (Phi) is 4.20. The minimum atomic E-state index is -4.47. The molecular weight excluding hydrogens is 297 g/mol. The summed E-state index contributed by atoms with van der Waals surface area (Å²) in [5.74, 6) is 0.337. The molecule has 0 aliphatic carbocycles. The third-order valence-corrected chi connectivity index (χ3v) is 3.38. The summed E-state index contributed by atoms with van der Waals surface area (Å²) < 4.78 is 39.0. The molecule has 0 saturated heterocycles. The van der Waals surface area contributed by atoms with Crippen LogP contribution in [0.25, 0.3) is 0 Å². The number of imidazole rings is 1. The van der Waals surface area contributed by atoms with Gasteiger partial charge in [-0.25, -0.2) is 4.98 Å². The number of halogens is 3. The maximum Gasteiger partial charge on any atom is 0.433 e. The van der Waals surface area contributed by atoms with Gasteiger partial charge in [0.15, 0.2) is 0 Å². The van der Waals surface area contributed by atoms with E-state index < -0.39 is 17.9 Å². The molecule has 0 bridgehead atoms. The van der Waals surface area contributed by atoms with Crippen LogP contribution in [-0.4, -0.2) is 20.4 Å². The zero-order chi connectivity index (χ0) is 16.5. The van der Waals surface area contributed by atoms with Crippen molar-refractivity contribution in [2.45, 2.75) is 26.1 Å². The van der Waals surface area contributed by atoms with Crippen LogP contribution in [0.5, 0.6) is 0 Å². The van der Waals surface area contributed by atoms with E-state index in [4.69, 9.17) is 0 Å². The van der Waals surface area contributed by atoms with E-state index in [1.807, 2.05) is 0 Å². The summed E-state index contributed by atoms with van der Waals surface area (Å²) in [4.78, 5) is 19.5. The average molecular weight is 312 g/mol. The lowest BCUT2D eigenvalue weighted by molar-refractivity contribution is -0.141. The molecule has 22 heavy (non-hydrogen) atoms. The Morgan fingerprint density at radius 1 is 1.27 bits per heavy atom. The number of aryl methyl sites for hydroxylation is 1. The van der Waals surface area contributed by atoms with Crippen LogP contribution in [0.4, 0.5) is 13.2 Å². The van der Waals surface area contributed by atoms with Crippen molar-refractivity contribution in [3.05, 3.63) is 47.3 Å². The normalized spacial score (nSPS) is 13.0. The van der Waals surface area contributed by atoms with Crippen LogP contribution >= 0.6 is 0 Å². The Hall–Kier alpha value is -2.38. The molecule has 118 valence electrons. The van der Waals surface area contributed by atoms with E-state index in [1.165, 1.54) is 12.3 Å². The number of pyridine rings is 1. The highest BCUT2D eigenvalue weighted by molar-refractivity contribution is 5.92. The van der Waals surface area contributed by atoms with Gasteiger partial charge in [0.25, 0.3) is 5.91 Å². The highest BCUT2D eigenvalue weighted by atomic mass is 19.4. The van der Waals surface area contributed by atoms with Crippen molar-refractivity contribution in [1.29, 1.82) is 0 Å². The summed E-state index contributed by atoms with van der Waals surface area (Å²) in [6.45, 7) is 3.44. The van der Waals surface area contributed by atoms with Gasteiger partial charge in [-0.1, -0.05) is 6.07 Å². The fraction of sp³-hybridized carbons (Fsp3) is 0.357. The van der Waals surface area contributed by atoms with Crippen molar-refractivity contribution in [3.8, 4) is 0 Å². The third-order valence-electron chi connectivity index (χ3n) is 3.38. The summed E-state index contributed by atoms with van der Waals surface area (Å²) >= 11 is 0. The van der Waals surface area contributed by atoms with Crippen molar-refractivity contribution in [2.75, 3.05) is 0 Å². The van der Waals surface area contributed by atoms with Gasteiger partial charge in [-0.2, -0.15) is 13.2 Å². The molecule has 1 atom stereocenters. The number of amides is 1. The van der Waals surface area contributed by atoms with Crippen LogP contribution < -0.4 is 5.32 Å². The van der Waals surface area contributed by atoms with E-state index in [2.05, 4.69) is 15.3 Å². The fourth-order valence-corrected chi connectivity index (χ4v) is 1.90. The molecule has 8 heteroatoms. The number of hydrogen-bond donors (Lipinski definition) is 1. The maximum atomic E-state index is 12.5. The van der Waals surface area contributed by atoms with Gasteiger partial charge in [-0.3, -0.25) is 9.78 Å². The predicted molar refractivity (Wildman–Crippen MR) is 73.1 cm³/mol. The number of hydrogen-bond acceptors (Lipinski definition) is 3. The van der Waals surface area contributed by atoms with Crippen molar-refractivity contribution in [1.82, 2.24) is 19.9 Å². The lowest BCUT2D eigenvalue weighted by Gasteiger charge is -2.15. The van der Waals surface area contributed by atoms with Crippen molar-refractivity contribution in [2.24, 2.45) is 7.05 Å². The number of nitrogens with zero attached hydrogens (tertiary/aromatic N) is 3. The molecular formula is C14H15F3N4O. The minimum absolute atomic E-state index is 0.351. The van der Waals surface area contributed by atoms with Crippen LogP contribution in [0.2, 0.25) is 0 Å². The first-order valence-electron chi connectivity index (χ1n) is 6.52. The molecule has 2 aromatic rings. The summed E-state index contributed by atoms with van der Waals surface area (Å²) in [5, 5.41) is 2.70. The highest BCUT2D eigenvalue weighted by Crippen LogP contribution is 2.27. The van der Waals surface area contributed by atoms with Crippen LogP contribution in [0.15, 0.2) is 24.5 Å². The van der Waals surface area contributed by atoms with Gasteiger partial charge in [0.05, 0.1) is 12.2 Å². The van der Waals surface area contributed by atoms with E-state index in [-0.39, 0.29) is 5.91 Å². The monoisotopic (exact) mass is 312 g/mol. The second kappa shape index (κ2) is 5.78. The van der Waals surface area contributed by atoms with Crippen LogP contribution in [0.1, 0.15) is 40.5 Å². The molecule has 0 radical (unpaired) electrons. The first-order chi connectivity index (χ1) is 10.2. The first kappa shape index (κ1) is 16.0. The van der Waals surface area contributed by atoms with Crippen molar-refractivity contribution >= 4 is 5.91 Å². The lowest BCUT2D eigenvalue weighted by atomic mass is 10.1. The number of carbonyl (C=O) groups excluding carboxylic acids is 1. The largest absolute Gasteiger partial charge is 0.433 e. The van der Waals surface area contributed by atoms with Gasteiger partial charge in [-0.15, -0.1) is 0 Å². The Labute approximate surface area is 125 Å². The van der Waals surface area contributed by atoms with Gasteiger partial charge in [0.1, 0.15) is 17.2 Å². The molecule has 0 aliphatic heterocycles. The van der Waals surface area contributed by atoms with Gasteiger partial charge >= 0.3 is 6.18 Å². The molecule has 0 aromatic carbocycles. The van der Waals surface area contributed by atoms with Gasteiger partial charge in [0, 0.05) is 13.2 Å². The molecule has 0 fully saturated rings. The first-order valence-corrected chi connectivity index (χ1v) is 6.52. The second-order valence-electron chi connectivity index (χ2n) is 4.92. The molecule has 1 amide bonds. The molecule has 5 nitrogen and oxygen atoms in total. The Bertz CT molecular complexity index is 676. The standard InChI is InChI=1S/C14H15F3N4O/c1-8(10-4-5-12(19-6-10)14(15,16)17)20-13(22)11-7-18-9(2)21(11)3/h4-8H,1-3H3,(H,20,22)/t8-/m1/s1. The highest BCUT2D eigenvalue weighted by Gasteiger charge is 2.32. The van der Waals surface area contributed by atoms with Crippen LogP contribution in [0, 0.1) is 6.92 Å². The molecule has 0 aliphatic rings. The van der Waals surface area contributed by atoms with E-state index in [0.717, 1.165) is 12.3 Å². The van der Waals surface area contributed by atoms with Gasteiger partial charge in [-0.05, 0) is 25.5 Å².